The zero-order chi connectivity index (χ0) is 17.8. The third kappa shape index (κ3) is 4.47. The lowest BCUT2D eigenvalue weighted by Gasteiger charge is -2.40. The van der Waals surface area contributed by atoms with E-state index in [-0.39, 0.29) is 30.2 Å². The molecule has 2 atom stereocenters. The number of amides is 2. The number of benzene rings is 1. The van der Waals surface area contributed by atoms with Crippen LogP contribution in [0.3, 0.4) is 0 Å². The summed E-state index contributed by atoms with van der Waals surface area (Å²) in [5.41, 5.74) is 1.06. The molecule has 0 saturated carbocycles. The number of nitrogens with one attached hydrogen (secondary N) is 3. The van der Waals surface area contributed by atoms with E-state index in [0.29, 0.717) is 30.9 Å². The summed E-state index contributed by atoms with van der Waals surface area (Å²) in [5, 5.41) is 18.8. The molecule has 2 aliphatic rings. The molecule has 8 nitrogen and oxygen atoms in total. The standard InChI is InChI=1S/C17H24N4O4/c1-11-3-2-4-12(17(11)24)18-15(22)9-13-19-14(10-16(23)20-13)21-5-7-25-8-6-21/h2-4,13-14,19,24H,5-10H2,1H3,(H,18,22)(H,20,23). The lowest BCUT2D eigenvalue weighted by Crippen LogP contribution is -2.63. The van der Waals surface area contributed by atoms with E-state index in [4.69, 9.17) is 4.74 Å². The molecule has 25 heavy (non-hydrogen) atoms. The summed E-state index contributed by atoms with van der Waals surface area (Å²) < 4.78 is 5.34. The number of rotatable bonds is 4. The first-order valence-corrected chi connectivity index (χ1v) is 8.48. The lowest BCUT2D eigenvalue weighted by atomic mass is 10.1. The number of nitrogens with zero attached hydrogens (tertiary/aromatic N) is 1. The van der Waals surface area contributed by atoms with E-state index in [1.807, 2.05) is 0 Å². The van der Waals surface area contributed by atoms with Crippen molar-refractivity contribution in [3.63, 3.8) is 0 Å². The Labute approximate surface area is 146 Å². The van der Waals surface area contributed by atoms with Gasteiger partial charge in [-0.3, -0.25) is 19.8 Å². The highest BCUT2D eigenvalue weighted by Crippen LogP contribution is 2.26. The minimum absolute atomic E-state index is 0.0580. The van der Waals surface area contributed by atoms with Gasteiger partial charge in [-0.05, 0) is 18.6 Å². The molecule has 8 heteroatoms. The topological polar surface area (TPSA) is 103 Å². The van der Waals surface area contributed by atoms with Crippen molar-refractivity contribution in [3.8, 4) is 5.75 Å². The Hall–Kier alpha value is -2.16. The fraction of sp³-hybridized carbons (Fsp3) is 0.529. The van der Waals surface area contributed by atoms with Crippen molar-refractivity contribution in [3.05, 3.63) is 23.8 Å². The second kappa shape index (κ2) is 7.81. The Balaban J connectivity index is 1.58. The van der Waals surface area contributed by atoms with Gasteiger partial charge in [-0.2, -0.15) is 0 Å². The molecule has 2 saturated heterocycles. The predicted molar refractivity (Wildman–Crippen MR) is 92.0 cm³/mol. The maximum absolute atomic E-state index is 12.3. The van der Waals surface area contributed by atoms with Gasteiger partial charge in [0.1, 0.15) is 5.75 Å². The van der Waals surface area contributed by atoms with E-state index in [9.17, 15) is 14.7 Å². The number of anilines is 1. The minimum atomic E-state index is -0.443. The zero-order valence-corrected chi connectivity index (χ0v) is 14.2. The summed E-state index contributed by atoms with van der Waals surface area (Å²) in [4.78, 5) is 26.4. The molecule has 136 valence electrons. The van der Waals surface area contributed by atoms with Crippen LogP contribution in [0.25, 0.3) is 0 Å². The Morgan fingerprint density at radius 3 is 2.92 bits per heavy atom. The van der Waals surface area contributed by atoms with Gasteiger partial charge in [0.05, 0.1) is 44.1 Å². The van der Waals surface area contributed by atoms with E-state index in [1.54, 1.807) is 25.1 Å². The Kier molecular flexibility index (Phi) is 5.52. The lowest BCUT2D eigenvalue weighted by molar-refractivity contribution is -0.128. The van der Waals surface area contributed by atoms with Crippen LogP contribution in [-0.2, 0) is 14.3 Å². The molecule has 2 heterocycles. The van der Waals surface area contributed by atoms with Gasteiger partial charge in [0, 0.05) is 13.1 Å². The number of carbonyl (C=O) groups is 2. The fourth-order valence-electron chi connectivity index (χ4n) is 3.14. The molecule has 1 aromatic rings. The molecule has 0 bridgehead atoms. The summed E-state index contributed by atoms with van der Waals surface area (Å²) in [6.45, 7) is 4.60. The number of aromatic hydroxyl groups is 1. The van der Waals surface area contributed by atoms with Gasteiger partial charge in [0.15, 0.2) is 0 Å². The van der Waals surface area contributed by atoms with Crippen LogP contribution in [0, 0.1) is 6.92 Å². The molecule has 0 spiro atoms. The van der Waals surface area contributed by atoms with Crippen molar-refractivity contribution in [2.24, 2.45) is 0 Å². The molecule has 0 aliphatic carbocycles. The van der Waals surface area contributed by atoms with Crippen LogP contribution in [0.2, 0.25) is 0 Å². The second-order valence-electron chi connectivity index (χ2n) is 6.38. The first-order chi connectivity index (χ1) is 12.0. The molecule has 0 radical (unpaired) electrons. The zero-order valence-electron chi connectivity index (χ0n) is 14.2. The number of hydrogen-bond acceptors (Lipinski definition) is 6. The molecule has 4 N–H and O–H groups in total. The van der Waals surface area contributed by atoms with Crippen LogP contribution < -0.4 is 16.0 Å². The SMILES string of the molecule is Cc1cccc(NC(=O)CC2NC(=O)CC(N3CCOCC3)N2)c1O. The van der Waals surface area contributed by atoms with E-state index in [0.717, 1.165) is 13.1 Å². The fourth-order valence-corrected chi connectivity index (χ4v) is 3.14. The van der Waals surface area contributed by atoms with Crippen molar-refractivity contribution in [2.75, 3.05) is 31.6 Å². The molecule has 2 unspecified atom stereocenters. The van der Waals surface area contributed by atoms with Crippen LogP contribution in [-0.4, -0.2) is 60.5 Å². The van der Waals surface area contributed by atoms with Gasteiger partial charge >= 0.3 is 0 Å². The summed E-state index contributed by atoms with van der Waals surface area (Å²) in [6, 6.07) is 5.17. The first kappa shape index (κ1) is 17.7. The van der Waals surface area contributed by atoms with Crippen molar-refractivity contribution >= 4 is 17.5 Å². The number of carbonyl (C=O) groups excluding carboxylic acids is 2. The Morgan fingerprint density at radius 1 is 1.40 bits per heavy atom. The third-order valence-electron chi connectivity index (χ3n) is 4.50. The molecule has 2 amide bonds. The number of hydrogen-bond donors (Lipinski definition) is 4. The quantitative estimate of drug-likeness (QED) is 0.577. The van der Waals surface area contributed by atoms with Crippen molar-refractivity contribution in [2.45, 2.75) is 32.1 Å². The van der Waals surface area contributed by atoms with E-state index in [2.05, 4.69) is 20.9 Å². The minimum Gasteiger partial charge on any atom is -0.505 e. The molecule has 1 aromatic carbocycles. The van der Waals surface area contributed by atoms with Crippen LogP contribution in [0.1, 0.15) is 18.4 Å². The van der Waals surface area contributed by atoms with Gasteiger partial charge in [0.2, 0.25) is 11.8 Å². The Bertz CT molecular complexity index is 646. The van der Waals surface area contributed by atoms with Crippen LogP contribution in [0.4, 0.5) is 5.69 Å². The second-order valence-corrected chi connectivity index (χ2v) is 6.38. The van der Waals surface area contributed by atoms with Gasteiger partial charge in [-0.25, -0.2) is 0 Å². The summed E-state index contributed by atoms with van der Waals surface area (Å²) >= 11 is 0. The number of aryl methyl sites for hydroxylation is 1. The van der Waals surface area contributed by atoms with Crippen LogP contribution >= 0.6 is 0 Å². The number of phenolic OH excluding ortho intramolecular Hbond substituents is 1. The van der Waals surface area contributed by atoms with Gasteiger partial charge in [0.25, 0.3) is 0 Å². The highest BCUT2D eigenvalue weighted by Gasteiger charge is 2.31. The number of phenols is 1. The first-order valence-electron chi connectivity index (χ1n) is 8.48. The average molecular weight is 348 g/mol. The van der Waals surface area contributed by atoms with Crippen molar-refractivity contribution < 1.29 is 19.4 Å². The third-order valence-corrected chi connectivity index (χ3v) is 4.50. The van der Waals surface area contributed by atoms with Crippen LogP contribution in [0.15, 0.2) is 18.2 Å². The Morgan fingerprint density at radius 2 is 2.16 bits per heavy atom. The van der Waals surface area contributed by atoms with Crippen molar-refractivity contribution in [1.82, 2.24) is 15.5 Å². The highest BCUT2D eigenvalue weighted by molar-refractivity contribution is 5.93. The van der Waals surface area contributed by atoms with E-state index in [1.165, 1.54) is 0 Å². The monoisotopic (exact) mass is 348 g/mol. The molecule has 0 aromatic heterocycles. The summed E-state index contributed by atoms with van der Waals surface area (Å²) in [7, 11) is 0. The molecule has 3 rings (SSSR count). The normalized spacial score (nSPS) is 24.6. The number of morpholine rings is 1. The van der Waals surface area contributed by atoms with Gasteiger partial charge in [-0.15, -0.1) is 0 Å². The maximum Gasteiger partial charge on any atom is 0.227 e. The number of ether oxygens (including phenoxy) is 1. The van der Waals surface area contributed by atoms with Gasteiger partial charge in [-0.1, -0.05) is 12.1 Å². The average Bonchev–Trinajstić information content (AvgIpc) is 2.59. The molecular formula is C17H24N4O4. The van der Waals surface area contributed by atoms with E-state index >= 15 is 0 Å². The molecular weight excluding hydrogens is 324 g/mol. The smallest absolute Gasteiger partial charge is 0.227 e. The molecule has 2 fully saturated rings. The van der Waals surface area contributed by atoms with Crippen LogP contribution in [0.5, 0.6) is 5.75 Å². The maximum atomic E-state index is 12.3. The highest BCUT2D eigenvalue weighted by atomic mass is 16.5. The van der Waals surface area contributed by atoms with Crippen molar-refractivity contribution in [1.29, 1.82) is 0 Å². The largest absolute Gasteiger partial charge is 0.505 e. The number of para-hydroxylation sites is 1. The van der Waals surface area contributed by atoms with E-state index < -0.39 is 6.17 Å². The predicted octanol–water partition coefficient (Wildman–Crippen LogP) is 0.123. The van der Waals surface area contributed by atoms with Gasteiger partial charge < -0.3 is 20.5 Å². The summed E-state index contributed by atoms with van der Waals surface area (Å²) in [6.07, 6.45) is -0.0969. The summed E-state index contributed by atoms with van der Waals surface area (Å²) in [5.74, 6) is -0.296. The molecule has 2 aliphatic heterocycles.